The number of hydrogen-bond acceptors (Lipinski definition) is 4. The number of carbonyl (C=O) groups is 1. The van der Waals surface area contributed by atoms with Crippen molar-refractivity contribution in [1.82, 2.24) is 29.6 Å². The minimum Gasteiger partial charge on any atom is -0.343 e. The summed E-state index contributed by atoms with van der Waals surface area (Å²) in [4.78, 5) is 16.6. The van der Waals surface area contributed by atoms with Gasteiger partial charge in [-0.25, -0.2) is 9.37 Å². The van der Waals surface area contributed by atoms with Gasteiger partial charge < -0.3 is 9.88 Å². The highest BCUT2D eigenvalue weighted by Gasteiger charge is 2.17. The number of nitrogens with one attached hydrogen (secondary N) is 1. The summed E-state index contributed by atoms with van der Waals surface area (Å²) >= 11 is 0. The smallest absolute Gasteiger partial charge is 0.270 e. The van der Waals surface area contributed by atoms with Gasteiger partial charge in [0, 0.05) is 18.7 Å². The molecule has 0 fully saturated rings. The predicted molar refractivity (Wildman–Crippen MR) is 92.3 cm³/mol. The van der Waals surface area contributed by atoms with Crippen LogP contribution < -0.4 is 5.32 Å². The van der Waals surface area contributed by atoms with E-state index in [4.69, 9.17) is 0 Å². The van der Waals surface area contributed by atoms with Crippen molar-refractivity contribution >= 4 is 5.91 Å². The van der Waals surface area contributed by atoms with Crippen LogP contribution in [0.15, 0.2) is 36.8 Å². The lowest BCUT2D eigenvalue weighted by Gasteiger charge is -2.10. The molecule has 0 saturated heterocycles. The van der Waals surface area contributed by atoms with Crippen LogP contribution in [0.1, 0.15) is 41.4 Å². The lowest BCUT2D eigenvalue weighted by Crippen LogP contribution is -2.26. The first-order chi connectivity index (χ1) is 12.7. The van der Waals surface area contributed by atoms with Crippen LogP contribution in [0, 0.1) is 5.82 Å². The Morgan fingerprint density at radius 2 is 2.00 bits per heavy atom. The van der Waals surface area contributed by atoms with Crippen LogP contribution in [-0.4, -0.2) is 30.2 Å². The molecule has 3 aromatic rings. The third-order valence-corrected chi connectivity index (χ3v) is 4.57. The van der Waals surface area contributed by atoms with Crippen LogP contribution in [-0.2, 0) is 19.5 Å². The fourth-order valence-corrected chi connectivity index (χ4v) is 3.20. The largest absolute Gasteiger partial charge is 0.343 e. The van der Waals surface area contributed by atoms with Crippen LogP contribution >= 0.6 is 0 Å². The van der Waals surface area contributed by atoms with Gasteiger partial charge >= 0.3 is 0 Å². The Kier molecular flexibility index (Phi) is 4.47. The summed E-state index contributed by atoms with van der Waals surface area (Å²) < 4.78 is 16.8. The Morgan fingerprint density at radius 1 is 1.15 bits per heavy atom. The fourth-order valence-electron chi connectivity index (χ4n) is 3.20. The van der Waals surface area contributed by atoms with Crippen molar-refractivity contribution in [1.29, 1.82) is 0 Å². The second-order valence-corrected chi connectivity index (χ2v) is 6.30. The number of amides is 1. The zero-order valence-electron chi connectivity index (χ0n) is 14.2. The van der Waals surface area contributed by atoms with Crippen LogP contribution in [0.4, 0.5) is 4.39 Å². The molecule has 0 bridgehead atoms. The van der Waals surface area contributed by atoms with E-state index in [9.17, 15) is 9.18 Å². The van der Waals surface area contributed by atoms with Crippen molar-refractivity contribution in [3.63, 3.8) is 0 Å². The molecule has 4 rings (SSSR count). The highest BCUT2D eigenvalue weighted by molar-refractivity contribution is 5.92. The maximum atomic E-state index is 13.1. The van der Waals surface area contributed by atoms with E-state index in [0.717, 1.165) is 37.5 Å². The zero-order valence-corrected chi connectivity index (χ0v) is 14.2. The van der Waals surface area contributed by atoms with E-state index in [1.54, 1.807) is 16.7 Å². The molecule has 3 heterocycles. The highest BCUT2D eigenvalue weighted by Crippen LogP contribution is 2.15. The monoisotopic (exact) mass is 354 g/mol. The SMILES string of the molecule is O=C(NCc1nnc2n1CCCCC2)c1cncn1-c1ccc(F)cc1. The van der Waals surface area contributed by atoms with Gasteiger partial charge in [-0.15, -0.1) is 10.2 Å². The Morgan fingerprint density at radius 3 is 2.85 bits per heavy atom. The molecule has 1 aliphatic rings. The number of hydrogen-bond donors (Lipinski definition) is 1. The van der Waals surface area contributed by atoms with Crippen LogP contribution in [0.2, 0.25) is 0 Å². The van der Waals surface area contributed by atoms with Crippen LogP contribution in [0.25, 0.3) is 5.69 Å². The summed E-state index contributed by atoms with van der Waals surface area (Å²) in [5, 5.41) is 11.3. The molecule has 1 aromatic carbocycles. The third kappa shape index (κ3) is 3.22. The molecule has 2 aromatic heterocycles. The number of rotatable bonds is 4. The van der Waals surface area contributed by atoms with E-state index >= 15 is 0 Å². The average molecular weight is 354 g/mol. The minimum absolute atomic E-state index is 0.266. The standard InChI is InChI=1S/C18H19FN6O/c19-13-5-7-14(8-6-13)25-12-20-10-15(25)18(26)21-11-17-23-22-16-4-2-1-3-9-24(16)17/h5-8,10,12H,1-4,9,11H2,(H,21,26). The Balaban J connectivity index is 1.49. The molecule has 1 amide bonds. The summed E-state index contributed by atoms with van der Waals surface area (Å²) in [6, 6.07) is 5.91. The molecule has 1 aliphatic heterocycles. The van der Waals surface area contributed by atoms with E-state index in [2.05, 4.69) is 25.1 Å². The number of aromatic nitrogens is 5. The van der Waals surface area contributed by atoms with Gasteiger partial charge in [-0.2, -0.15) is 0 Å². The summed E-state index contributed by atoms with van der Waals surface area (Å²) in [7, 11) is 0. The molecule has 0 unspecified atom stereocenters. The number of aryl methyl sites for hydroxylation is 1. The van der Waals surface area contributed by atoms with Crippen molar-refractivity contribution in [2.45, 2.75) is 38.8 Å². The van der Waals surface area contributed by atoms with Crippen LogP contribution in [0.5, 0.6) is 0 Å². The third-order valence-electron chi connectivity index (χ3n) is 4.57. The van der Waals surface area contributed by atoms with Gasteiger partial charge in [-0.05, 0) is 37.1 Å². The second kappa shape index (κ2) is 7.07. The molecule has 0 saturated carbocycles. The number of benzene rings is 1. The number of halogens is 1. The van der Waals surface area contributed by atoms with Crippen molar-refractivity contribution < 1.29 is 9.18 Å². The average Bonchev–Trinajstić information content (AvgIpc) is 3.22. The molecule has 7 nitrogen and oxygen atoms in total. The number of carbonyl (C=O) groups excluding carboxylic acids is 1. The minimum atomic E-state index is -0.327. The number of imidazole rings is 1. The predicted octanol–water partition coefficient (Wildman–Crippen LogP) is 2.26. The summed E-state index contributed by atoms with van der Waals surface area (Å²) in [6.07, 6.45) is 7.36. The van der Waals surface area contributed by atoms with Gasteiger partial charge in [0.25, 0.3) is 5.91 Å². The van der Waals surface area contributed by atoms with Gasteiger partial charge in [0.15, 0.2) is 5.82 Å². The second-order valence-electron chi connectivity index (χ2n) is 6.30. The normalized spacial score (nSPS) is 13.9. The zero-order chi connectivity index (χ0) is 17.9. The molecular formula is C18H19FN6O. The van der Waals surface area contributed by atoms with E-state index in [1.807, 2.05) is 0 Å². The topological polar surface area (TPSA) is 77.6 Å². The molecule has 0 atom stereocenters. The van der Waals surface area contributed by atoms with Crippen LogP contribution in [0.3, 0.4) is 0 Å². The van der Waals surface area contributed by atoms with E-state index in [1.165, 1.54) is 31.1 Å². The van der Waals surface area contributed by atoms with Crippen molar-refractivity contribution in [3.05, 3.63) is 59.9 Å². The lowest BCUT2D eigenvalue weighted by atomic mass is 10.2. The molecule has 0 radical (unpaired) electrons. The van der Waals surface area contributed by atoms with Gasteiger partial charge in [0.1, 0.15) is 17.3 Å². The molecule has 0 aliphatic carbocycles. The molecular weight excluding hydrogens is 335 g/mol. The van der Waals surface area contributed by atoms with E-state index in [-0.39, 0.29) is 11.7 Å². The van der Waals surface area contributed by atoms with E-state index < -0.39 is 0 Å². The molecule has 8 heteroatoms. The molecule has 26 heavy (non-hydrogen) atoms. The molecule has 0 spiro atoms. The summed E-state index contributed by atoms with van der Waals surface area (Å²) in [6.45, 7) is 1.20. The Labute approximate surface area is 149 Å². The first-order valence-corrected chi connectivity index (χ1v) is 8.70. The Hall–Kier alpha value is -3.03. The van der Waals surface area contributed by atoms with Crippen molar-refractivity contribution in [3.8, 4) is 5.69 Å². The van der Waals surface area contributed by atoms with Crippen molar-refractivity contribution in [2.24, 2.45) is 0 Å². The quantitative estimate of drug-likeness (QED) is 0.780. The highest BCUT2D eigenvalue weighted by atomic mass is 19.1. The summed E-state index contributed by atoms with van der Waals surface area (Å²) in [5.41, 5.74) is 1.05. The first kappa shape index (κ1) is 16.4. The van der Waals surface area contributed by atoms with Crippen molar-refractivity contribution in [2.75, 3.05) is 0 Å². The fraction of sp³-hybridized carbons (Fsp3) is 0.333. The summed E-state index contributed by atoms with van der Waals surface area (Å²) in [5.74, 6) is 1.16. The van der Waals surface area contributed by atoms with Gasteiger partial charge in [0.05, 0.1) is 19.1 Å². The van der Waals surface area contributed by atoms with E-state index in [0.29, 0.717) is 17.9 Å². The maximum absolute atomic E-state index is 13.1. The van der Waals surface area contributed by atoms with Gasteiger partial charge in [-0.1, -0.05) is 6.42 Å². The lowest BCUT2D eigenvalue weighted by molar-refractivity contribution is 0.0942. The van der Waals surface area contributed by atoms with Gasteiger partial charge in [-0.3, -0.25) is 9.36 Å². The first-order valence-electron chi connectivity index (χ1n) is 8.70. The number of fused-ring (bicyclic) bond motifs is 1. The molecule has 134 valence electrons. The van der Waals surface area contributed by atoms with Gasteiger partial charge in [0.2, 0.25) is 0 Å². The number of nitrogens with zero attached hydrogens (tertiary/aromatic N) is 5. The maximum Gasteiger partial charge on any atom is 0.270 e. The molecule has 1 N–H and O–H groups in total. The Bertz CT molecular complexity index is 914.